The van der Waals surface area contributed by atoms with Crippen LogP contribution in [-0.2, 0) is 6.42 Å². The Morgan fingerprint density at radius 2 is 2.07 bits per heavy atom. The minimum Gasteiger partial charge on any atom is -0.348 e. The van der Waals surface area contributed by atoms with E-state index in [-0.39, 0.29) is 0 Å². The number of aromatic amines is 1. The number of H-pyrrole nitrogens is 1. The molecule has 2 aromatic heterocycles. The number of aromatic nitrogens is 3. The third-order valence-corrected chi connectivity index (χ3v) is 2.27. The topological polar surface area (TPSA) is 41.6 Å². The first-order valence-electron chi connectivity index (χ1n) is 5.14. The monoisotopic (exact) mass is 200 g/mol. The lowest BCUT2D eigenvalue weighted by atomic mass is 10.2. The molecule has 15 heavy (non-hydrogen) atoms. The van der Waals surface area contributed by atoms with Gasteiger partial charge in [-0.3, -0.25) is 4.98 Å². The number of imidazole rings is 1. The molecule has 3 nitrogen and oxygen atoms in total. The summed E-state index contributed by atoms with van der Waals surface area (Å²) in [6.07, 6.45) is 8.48. The lowest BCUT2D eigenvalue weighted by molar-refractivity contribution is 0.798. The number of nitrogens with one attached hydrogen (secondary N) is 1. The highest BCUT2D eigenvalue weighted by Crippen LogP contribution is 2.15. The molecule has 1 N–H and O–H groups in total. The standard InChI is InChI=1S/C12H14N3/c1-2-3-4-12-14-9-11(15-12)10-5-7-13-8-6-10/h5-9H,1-4H2,(H,14,15). The first-order valence-corrected chi connectivity index (χ1v) is 5.14. The zero-order chi connectivity index (χ0) is 10.5. The van der Waals surface area contributed by atoms with Gasteiger partial charge in [0.2, 0.25) is 0 Å². The highest BCUT2D eigenvalue weighted by molar-refractivity contribution is 5.57. The summed E-state index contributed by atoms with van der Waals surface area (Å²) in [6, 6.07) is 3.92. The molecule has 0 fully saturated rings. The van der Waals surface area contributed by atoms with Gasteiger partial charge in [0.05, 0.1) is 5.69 Å². The number of unbranched alkanes of at least 4 members (excludes halogenated alkanes) is 1. The highest BCUT2D eigenvalue weighted by atomic mass is 14.9. The Morgan fingerprint density at radius 1 is 1.27 bits per heavy atom. The lowest BCUT2D eigenvalue weighted by Gasteiger charge is -1.94. The molecule has 0 atom stereocenters. The smallest absolute Gasteiger partial charge is 0.106 e. The Bertz CT molecular complexity index is 406. The normalized spacial score (nSPS) is 10.5. The van der Waals surface area contributed by atoms with Gasteiger partial charge >= 0.3 is 0 Å². The van der Waals surface area contributed by atoms with Gasteiger partial charge in [-0.05, 0) is 18.6 Å². The van der Waals surface area contributed by atoms with Gasteiger partial charge in [0.1, 0.15) is 5.82 Å². The maximum absolute atomic E-state index is 4.51. The molecule has 0 aliphatic heterocycles. The summed E-state index contributed by atoms with van der Waals surface area (Å²) in [6.45, 7) is 3.82. The van der Waals surface area contributed by atoms with E-state index in [0.717, 1.165) is 36.3 Å². The zero-order valence-electron chi connectivity index (χ0n) is 8.61. The van der Waals surface area contributed by atoms with Gasteiger partial charge in [-0.15, -0.1) is 0 Å². The summed E-state index contributed by atoms with van der Waals surface area (Å²) in [5.41, 5.74) is 2.08. The number of nitrogens with zero attached hydrogens (tertiary/aromatic N) is 2. The van der Waals surface area contributed by atoms with E-state index in [0.29, 0.717) is 0 Å². The van der Waals surface area contributed by atoms with Gasteiger partial charge in [0, 0.05) is 30.6 Å². The maximum Gasteiger partial charge on any atom is 0.106 e. The van der Waals surface area contributed by atoms with Gasteiger partial charge in [0.25, 0.3) is 0 Å². The molecule has 0 aliphatic rings. The predicted molar refractivity (Wildman–Crippen MR) is 60.1 cm³/mol. The van der Waals surface area contributed by atoms with Crippen LogP contribution in [0, 0.1) is 6.92 Å². The predicted octanol–water partition coefficient (Wildman–Crippen LogP) is 2.63. The first kappa shape index (κ1) is 9.90. The molecule has 0 bridgehead atoms. The van der Waals surface area contributed by atoms with Gasteiger partial charge < -0.3 is 4.98 Å². The van der Waals surface area contributed by atoms with Crippen molar-refractivity contribution in [2.24, 2.45) is 0 Å². The third kappa shape index (κ3) is 2.43. The lowest BCUT2D eigenvalue weighted by Crippen LogP contribution is -1.87. The first-order chi connectivity index (χ1) is 7.40. The highest BCUT2D eigenvalue weighted by Gasteiger charge is 2.02. The van der Waals surface area contributed by atoms with Crippen LogP contribution in [0.5, 0.6) is 0 Å². The van der Waals surface area contributed by atoms with E-state index in [1.54, 1.807) is 12.4 Å². The van der Waals surface area contributed by atoms with Crippen molar-refractivity contribution in [2.45, 2.75) is 19.3 Å². The molecule has 2 rings (SSSR count). The molecule has 3 heteroatoms. The molecule has 0 amide bonds. The number of hydrogen-bond acceptors (Lipinski definition) is 2. The van der Waals surface area contributed by atoms with Crippen molar-refractivity contribution in [3.63, 3.8) is 0 Å². The van der Waals surface area contributed by atoms with Crippen LogP contribution in [-0.4, -0.2) is 15.0 Å². The summed E-state index contributed by atoms with van der Waals surface area (Å²) in [5, 5.41) is 0. The molecule has 0 saturated heterocycles. The molecule has 0 unspecified atom stereocenters. The van der Waals surface area contributed by atoms with Gasteiger partial charge in [-0.1, -0.05) is 13.3 Å². The number of aryl methyl sites for hydroxylation is 1. The molecule has 0 aromatic carbocycles. The van der Waals surface area contributed by atoms with Gasteiger partial charge in [-0.25, -0.2) is 4.98 Å². The average molecular weight is 200 g/mol. The fourth-order valence-electron chi connectivity index (χ4n) is 1.45. The van der Waals surface area contributed by atoms with Crippen molar-refractivity contribution in [3.05, 3.63) is 43.5 Å². The summed E-state index contributed by atoms with van der Waals surface area (Å²) in [7, 11) is 0. The van der Waals surface area contributed by atoms with Crippen LogP contribution < -0.4 is 0 Å². The van der Waals surface area contributed by atoms with Crippen LogP contribution in [0.25, 0.3) is 11.3 Å². The Morgan fingerprint density at radius 3 is 2.80 bits per heavy atom. The van der Waals surface area contributed by atoms with Crippen LogP contribution in [0.2, 0.25) is 0 Å². The Hall–Kier alpha value is -1.64. The van der Waals surface area contributed by atoms with E-state index >= 15 is 0 Å². The largest absolute Gasteiger partial charge is 0.348 e. The van der Waals surface area contributed by atoms with E-state index in [9.17, 15) is 0 Å². The minimum atomic E-state index is 0.950. The third-order valence-electron chi connectivity index (χ3n) is 2.27. The fraction of sp³-hybridized carbons (Fsp3) is 0.250. The van der Waals surface area contributed by atoms with Crippen LogP contribution in [0.4, 0.5) is 0 Å². The number of rotatable bonds is 4. The zero-order valence-corrected chi connectivity index (χ0v) is 8.61. The summed E-state index contributed by atoms with van der Waals surface area (Å²) in [5.74, 6) is 1.03. The van der Waals surface area contributed by atoms with E-state index < -0.39 is 0 Å². The fourth-order valence-corrected chi connectivity index (χ4v) is 1.45. The van der Waals surface area contributed by atoms with E-state index in [1.165, 1.54) is 0 Å². The van der Waals surface area contributed by atoms with Crippen molar-refractivity contribution in [1.82, 2.24) is 15.0 Å². The second-order valence-electron chi connectivity index (χ2n) is 3.43. The molecule has 0 spiro atoms. The Kier molecular flexibility index (Phi) is 3.12. The quantitative estimate of drug-likeness (QED) is 0.824. The molecular weight excluding hydrogens is 186 g/mol. The number of pyridine rings is 1. The summed E-state index contributed by atoms with van der Waals surface area (Å²) in [4.78, 5) is 11.7. The molecular formula is C12H14N3. The van der Waals surface area contributed by atoms with Crippen molar-refractivity contribution in [3.8, 4) is 11.3 Å². The van der Waals surface area contributed by atoms with Crippen molar-refractivity contribution in [1.29, 1.82) is 0 Å². The molecule has 2 aromatic rings. The average Bonchev–Trinajstić information content (AvgIpc) is 2.76. The van der Waals surface area contributed by atoms with Crippen LogP contribution in [0.3, 0.4) is 0 Å². The SMILES string of the molecule is [CH2]CCCc1nc(-c2ccncc2)c[nH]1. The van der Waals surface area contributed by atoms with Crippen molar-refractivity contribution >= 4 is 0 Å². The van der Waals surface area contributed by atoms with Crippen molar-refractivity contribution in [2.75, 3.05) is 0 Å². The Labute approximate surface area is 89.6 Å². The molecule has 1 radical (unpaired) electrons. The van der Waals surface area contributed by atoms with Gasteiger partial charge in [0.15, 0.2) is 0 Å². The van der Waals surface area contributed by atoms with Gasteiger partial charge in [-0.2, -0.15) is 0 Å². The molecule has 77 valence electrons. The van der Waals surface area contributed by atoms with E-state index in [2.05, 4.69) is 21.9 Å². The van der Waals surface area contributed by atoms with Crippen molar-refractivity contribution < 1.29 is 0 Å². The minimum absolute atomic E-state index is 0.950. The van der Waals surface area contributed by atoms with Crippen LogP contribution in [0.15, 0.2) is 30.7 Å². The second-order valence-corrected chi connectivity index (χ2v) is 3.43. The molecule has 0 aliphatic carbocycles. The summed E-state index contributed by atoms with van der Waals surface area (Å²) >= 11 is 0. The van der Waals surface area contributed by atoms with Crippen LogP contribution in [0.1, 0.15) is 18.7 Å². The Balaban J connectivity index is 2.14. The molecule has 0 saturated carbocycles. The van der Waals surface area contributed by atoms with E-state index in [4.69, 9.17) is 0 Å². The number of hydrogen-bond donors (Lipinski definition) is 1. The molecule has 2 heterocycles. The van der Waals surface area contributed by atoms with Crippen LogP contribution >= 0.6 is 0 Å². The second kappa shape index (κ2) is 4.73. The van der Waals surface area contributed by atoms with E-state index in [1.807, 2.05) is 18.3 Å². The summed E-state index contributed by atoms with van der Waals surface area (Å²) < 4.78 is 0. The maximum atomic E-state index is 4.51.